The van der Waals surface area contributed by atoms with Crippen molar-refractivity contribution in [1.29, 1.82) is 0 Å². The van der Waals surface area contributed by atoms with Crippen LogP contribution in [-0.2, 0) is 0 Å². The van der Waals surface area contributed by atoms with Crippen LogP contribution < -0.4 is 10.6 Å². The number of hydrogen-bond donors (Lipinski definition) is 2. The predicted octanol–water partition coefficient (Wildman–Crippen LogP) is 4.46. The number of thiocarbonyl (C=S) groups is 1. The van der Waals surface area contributed by atoms with Gasteiger partial charge in [-0.05, 0) is 61.5 Å². The molecule has 116 valence electrons. The zero-order valence-corrected chi connectivity index (χ0v) is 12.9. The Labute approximate surface area is 132 Å². The number of benzene rings is 2. The Kier molecular flexibility index (Phi) is 5.03. The summed E-state index contributed by atoms with van der Waals surface area (Å²) in [5, 5.41) is 6.05. The summed E-state index contributed by atoms with van der Waals surface area (Å²) < 4.78 is 39.6. The summed E-state index contributed by atoms with van der Waals surface area (Å²) in [6, 6.07) is 8.00. The van der Waals surface area contributed by atoms with E-state index in [2.05, 4.69) is 10.6 Å². The lowest BCUT2D eigenvalue weighted by Crippen LogP contribution is -2.31. The van der Waals surface area contributed by atoms with Crippen LogP contribution in [0.1, 0.15) is 24.1 Å². The van der Waals surface area contributed by atoms with Gasteiger partial charge in [0.1, 0.15) is 5.82 Å². The highest BCUT2D eigenvalue weighted by Crippen LogP contribution is 2.17. The van der Waals surface area contributed by atoms with Crippen molar-refractivity contribution >= 4 is 23.0 Å². The summed E-state index contributed by atoms with van der Waals surface area (Å²) >= 11 is 5.13. The second kappa shape index (κ2) is 6.79. The van der Waals surface area contributed by atoms with Crippen molar-refractivity contribution in [3.63, 3.8) is 0 Å². The smallest absolute Gasteiger partial charge is 0.171 e. The Morgan fingerprint density at radius 3 is 2.36 bits per heavy atom. The summed E-state index contributed by atoms with van der Waals surface area (Å²) in [6.45, 7) is 3.43. The van der Waals surface area contributed by atoms with Crippen LogP contribution in [0.3, 0.4) is 0 Å². The van der Waals surface area contributed by atoms with Gasteiger partial charge in [-0.25, -0.2) is 13.2 Å². The quantitative estimate of drug-likeness (QED) is 0.815. The van der Waals surface area contributed by atoms with Crippen molar-refractivity contribution in [2.75, 3.05) is 5.32 Å². The molecule has 0 aliphatic rings. The van der Waals surface area contributed by atoms with Gasteiger partial charge in [-0.2, -0.15) is 0 Å². The van der Waals surface area contributed by atoms with Crippen molar-refractivity contribution < 1.29 is 13.2 Å². The monoisotopic (exact) mass is 324 g/mol. The topological polar surface area (TPSA) is 24.1 Å². The van der Waals surface area contributed by atoms with Gasteiger partial charge < -0.3 is 10.6 Å². The molecule has 0 aliphatic carbocycles. The van der Waals surface area contributed by atoms with Crippen molar-refractivity contribution in [2.45, 2.75) is 19.9 Å². The average Bonchev–Trinajstić information content (AvgIpc) is 2.45. The van der Waals surface area contributed by atoms with Crippen LogP contribution in [0.25, 0.3) is 0 Å². The average molecular weight is 324 g/mol. The first-order chi connectivity index (χ1) is 10.4. The van der Waals surface area contributed by atoms with Crippen LogP contribution in [0.5, 0.6) is 0 Å². The van der Waals surface area contributed by atoms with Crippen molar-refractivity contribution in [1.82, 2.24) is 5.32 Å². The maximum absolute atomic E-state index is 13.5. The highest BCUT2D eigenvalue weighted by Gasteiger charge is 2.10. The van der Waals surface area contributed by atoms with Gasteiger partial charge in [-0.1, -0.05) is 12.1 Å². The number of aryl methyl sites for hydroxylation is 1. The van der Waals surface area contributed by atoms with E-state index in [0.717, 1.165) is 12.1 Å². The summed E-state index contributed by atoms with van der Waals surface area (Å²) in [4.78, 5) is 0. The third-order valence-corrected chi connectivity index (χ3v) is 3.44. The molecule has 0 spiro atoms. The standard InChI is InChI=1S/C16H15F3N2S/c1-9-3-5-12(8-14(9)18)21-16(22)20-10(2)11-4-6-13(17)15(19)7-11/h3-8,10H,1-2H3,(H2,20,21,22)/t10-/m1/s1. The summed E-state index contributed by atoms with van der Waals surface area (Å²) in [5.74, 6) is -2.14. The first kappa shape index (κ1) is 16.3. The minimum absolute atomic E-state index is 0.264. The maximum atomic E-state index is 13.5. The fraction of sp³-hybridized carbons (Fsp3) is 0.188. The fourth-order valence-corrected chi connectivity index (χ4v) is 2.19. The fourth-order valence-electron chi connectivity index (χ4n) is 1.90. The van der Waals surface area contributed by atoms with Crippen molar-refractivity contribution in [2.24, 2.45) is 0 Å². The van der Waals surface area contributed by atoms with Gasteiger partial charge in [0, 0.05) is 5.69 Å². The molecule has 0 amide bonds. The van der Waals surface area contributed by atoms with Crippen LogP contribution in [0.15, 0.2) is 36.4 Å². The van der Waals surface area contributed by atoms with E-state index >= 15 is 0 Å². The van der Waals surface area contributed by atoms with Gasteiger partial charge in [0.2, 0.25) is 0 Å². The molecule has 2 aromatic carbocycles. The van der Waals surface area contributed by atoms with Crippen molar-refractivity contribution in [3.05, 3.63) is 65.0 Å². The summed E-state index contributed by atoms with van der Waals surface area (Å²) in [7, 11) is 0. The van der Waals surface area contributed by atoms with E-state index in [4.69, 9.17) is 12.2 Å². The molecule has 2 rings (SSSR count). The van der Waals surface area contributed by atoms with E-state index in [-0.39, 0.29) is 17.0 Å². The molecule has 0 saturated heterocycles. The highest BCUT2D eigenvalue weighted by molar-refractivity contribution is 7.80. The van der Waals surface area contributed by atoms with Crippen LogP contribution in [0, 0.1) is 24.4 Å². The molecular formula is C16H15F3N2S. The largest absolute Gasteiger partial charge is 0.356 e. The number of nitrogens with one attached hydrogen (secondary N) is 2. The lowest BCUT2D eigenvalue weighted by Gasteiger charge is -2.17. The SMILES string of the molecule is Cc1ccc(NC(=S)N[C@H](C)c2ccc(F)c(F)c2)cc1F. The molecule has 22 heavy (non-hydrogen) atoms. The minimum Gasteiger partial charge on any atom is -0.356 e. The molecule has 0 bridgehead atoms. The Morgan fingerprint density at radius 2 is 1.73 bits per heavy atom. The number of hydrogen-bond acceptors (Lipinski definition) is 1. The van der Waals surface area contributed by atoms with Crippen LogP contribution in [0.2, 0.25) is 0 Å². The van der Waals surface area contributed by atoms with Crippen LogP contribution in [0.4, 0.5) is 18.9 Å². The second-order valence-electron chi connectivity index (χ2n) is 4.96. The van der Waals surface area contributed by atoms with E-state index in [0.29, 0.717) is 16.8 Å². The molecule has 0 aliphatic heterocycles. The molecule has 6 heteroatoms. The van der Waals surface area contributed by atoms with E-state index in [9.17, 15) is 13.2 Å². The first-order valence-corrected chi connectivity index (χ1v) is 7.06. The van der Waals surface area contributed by atoms with E-state index in [1.54, 1.807) is 26.0 Å². The van der Waals surface area contributed by atoms with Gasteiger partial charge in [0.25, 0.3) is 0 Å². The van der Waals surface area contributed by atoms with Gasteiger partial charge in [0.15, 0.2) is 16.7 Å². The predicted molar refractivity (Wildman–Crippen MR) is 85.3 cm³/mol. The van der Waals surface area contributed by atoms with Crippen LogP contribution in [-0.4, -0.2) is 5.11 Å². The van der Waals surface area contributed by atoms with Gasteiger partial charge in [0.05, 0.1) is 6.04 Å². The molecule has 0 fully saturated rings. The highest BCUT2D eigenvalue weighted by atomic mass is 32.1. The number of anilines is 1. The molecule has 1 atom stereocenters. The van der Waals surface area contributed by atoms with Crippen molar-refractivity contribution in [3.8, 4) is 0 Å². The zero-order valence-electron chi connectivity index (χ0n) is 12.1. The minimum atomic E-state index is -0.911. The molecule has 0 unspecified atom stereocenters. The normalized spacial score (nSPS) is 11.9. The lowest BCUT2D eigenvalue weighted by molar-refractivity contribution is 0.505. The molecule has 2 N–H and O–H groups in total. The molecule has 0 radical (unpaired) electrons. The lowest BCUT2D eigenvalue weighted by atomic mass is 10.1. The third-order valence-electron chi connectivity index (χ3n) is 3.22. The number of halogens is 3. The molecule has 2 nitrogen and oxygen atoms in total. The van der Waals surface area contributed by atoms with E-state index in [1.807, 2.05) is 0 Å². The summed E-state index contributed by atoms with van der Waals surface area (Å²) in [6.07, 6.45) is 0. The molecule has 0 aromatic heterocycles. The molecule has 0 heterocycles. The maximum Gasteiger partial charge on any atom is 0.171 e. The Hall–Kier alpha value is -2.08. The van der Waals surface area contributed by atoms with Crippen LogP contribution >= 0.6 is 12.2 Å². The molecule has 2 aromatic rings. The van der Waals surface area contributed by atoms with E-state index in [1.165, 1.54) is 12.1 Å². The Morgan fingerprint density at radius 1 is 1.00 bits per heavy atom. The summed E-state index contributed by atoms with van der Waals surface area (Å²) in [5.41, 5.74) is 1.61. The van der Waals surface area contributed by atoms with Gasteiger partial charge in [-0.3, -0.25) is 0 Å². The second-order valence-corrected chi connectivity index (χ2v) is 5.37. The van der Waals surface area contributed by atoms with Gasteiger partial charge >= 0.3 is 0 Å². The van der Waals surface area contributed by atoms with Gasteiger partial charge in [-0.15, -0.1) is 0 Å². The Bertz CT molecular complexity index is 704. The first-order valence-electron chi connectivity index (χ1n) is 6.65. The molecular weight excluding hydrogens is 309 g/mol. The third kappa shape index (κ3) is 3.98. The van der Waals surface area contributed by atoms with E-state index < -0.39 is 11.6 Å². The Balaban J connectivity index is 2.01. The zero-order chi connectivity index (χ0) is 16.3. The number of rotatable bonds is 3. The molecule has 0 saturated carbocycles.